The molecule has 0 bridgehead atoms. The van der Waals surface area contributed by atoms with Crippen LogP contribution in [0.4, 0.5) is 5.69 Å². The fraction of sp³-hybridized carbons (Fsp3) is 0.190. The number of benzene rings is 1. The molecule has 10 heteroatoms. The van der Waals surface area contributed by atoms with Crippen LogP contribution in [0.1, 0.15) is 27.7 Å². The molecule has 0 saturated carbocycles. The minimum absolute atomic E-state index is 0.00530. The molecule has 0 aliphatic heterocycles. The first-order valence-corrected chi connectivity index (χ1v) is 10.8. The molecular formula is C21H20N4O5S. The quantitative estimate of drug-likeness (QED) is 0.424. The van der Waals surface area contributed by atoms with Crippen molar-refractivity contribution in [2.24, 2.45) is 0 Å². The van der Waals surface area contributed by atoms with Gasteiger partial charge in [-0.05, 0) is 55.8 Å². The standard InChI is InChI=1S/C21H20N4O5S/c1-14-6-4-7-16(12-14)25(13-17-9-10-18(30-17)21(26)29-3)31(27,28)19-8-5-11-24-15(2)22-23-20(19)24/h4-12H,13H2,1-3H3. The highest BCUT2D eigenvalue weighted by Gasteiger charge is 2.30. The smallest absolute Gasteiger partial charge is 0.373 e. The molecule has 0 spiro atoms. The topological polar surface area (TPSA) is 107 Å². The number of hydrogen-bond donors (Lipinski definition) is 0. The van der Waals surface area contributed by atoms with E-state index in [0.717, 1.165) is 5.56 Å². The summed E-state index contributed by atoms with van der Waals surface area (Å²) < 4.78 is 40.6. The first kappa shape index (κ1) is 20.6. The SMILES string of the molecule is COC(=O)c1ccc(CN(c2cccc(C)c2)S(=O)(=O)c2cccn3c(C)nnc23)o1. The zero-order valence-corrected chi connectivity index (χ0v) is 18.0. The van der Waals surface area contributed by atoms with E-state index in [2.05, 4.69) is 14.9 Å². The minimum atomic E-state index is -4.07. The van der Waals surface area contributed by atoms with Gasteiger partial charge >= 0.3 is 5.97 Å². The van der Waals surface area contributed by atoms with Crippen LogP contribution in [-0.4, -0.2) is 36.1 Å². The molecule has 3 heterocycles. The van der Waals surface area contributed by atoms with Crippen molar-refractivity contribution in [2.75, 3.05) is 11.4 Å². The number of furan rings is 1. The zero-order valence-electron chi connectivity index (χ0n) is 17.1. The molecule has 3 aromatic heterocycles. The summed E-state index contributed by atoms with van der Waals surface area (Å²) in [6.07, 6.45) is 1.70. The number of carbonyl (C=O) groups excluding carboxylic acids is 1. The molecule has 0 radical (unpaired) electrons. The number of carbonyl (C=O) groups is 1. The van der Waals surface area contributed by atoms with Crippen LogP contribution in [0.3, 0.4) is 0 Å². The highest BCUT2D eigenvalue weighted by molar-refractivity contribution is 7.93. The second-order valence-corrected chi connectivity index (χ2v) is 8.75. The third-order valence-electron chi connectivity index (χ3n) is 4.77. The van der Waals surface area contributed by atoms with E-state index in [4.69, 9.17) is 4.42 Å². The van der Waals surface area contributed by atoms with Crippen molar-refractivity contribution in [1.82, 2.24) is 14.6 Å². The first-order valence-electron chi connectivity index (χ1n) is 9.38. The van der Waals surface area contributed by atoms with Crippen molar-refractivity contribution in [3.05, 3.63) is 77.6 Å². The summed E-state index contributed by atoms with van der Waals surface area (Å²) in [7, 11) is -2.82. The number of rotatable bonds is 6. The average Bonchev–Trinajstić information content (AvgIpc) is 3.38. The van der Waals surface area contributed by atoms with Gasteiger partial charge in [-0.3, -0.25) is 8.71 Å². The maximum atomic E-state index is 13.8. The van der Waals surface area contributed by atoms with E-state index >= 15 is 0 Å². The summed E-state index contributed by atoms with van der Waals surface area (Å²) in [5.41, 5.74) is 1.57. The van der Waals surface area contributed by atoms with Gasteiger partial charge in [-0.15, -0.1) is 10.2 Å². The van der Waals surface area contributed by atoms with Crippen LogP contribution in [0.2, 0.25) is 0 Å². The summed E-state index contributed by atoms with van der Waals surface area (Å²) >= 11 is 0. The molecule has 0 aliphatic rings. The maximum Gasteiger partial charge on any atom is 0.373 e. The molecule has 0 atom stereocenters. The normalized spacial score (nSPS) is 11.6. The Morgan fingerprint density at radius 3 is 2.68 bits per heavy atom. The van der Waals surface area contributed by atoms with Gasteiger partial charge in [0, 0.05) is 6.20 Å². The summed E-state index contributed by atoms with van der Waals surface area (Å²) in [5.74, 6) is 0.215. The van der Waals surface area contributed by atoms with Crippen LogP contribution in [0.15, 0.2) is 64.0 Å². The first-order chi connectivity index (χ1) is 14.8. The highest BCUT2D eigenvalue weighted by Crippen LogP contribution is 2.29. The molecule has 4 aromatic rings. The van der Waals surface area contributed by atoms with E-state index < -0.39 is 16.0 Å². The highest BCUT2D eigenvalue weighted by atomic mass is 32.2. The Labute approximate surface area is 178 Å². The van der Waals surface area contributed by atoms with E-state index in [0.29, 0.717) is 11.5 Å². The molecular weight excluding hydrogens is 420 g/mol. The fourth-order valence-corrected chi connectivity index (χ4v) is 4.79. The summed E-state index contributed by atoms with van der Waals surface area (Å²) in [6.45, 7) is 3.49. The lowest BCUT2D eigenvalue weighted by Gasteiger charge is -2.24. The van der Waals surface area contributed by atoms with Crippen LogP contribution in [0.5, 0.6) is 0 Å². The third kappa shape index (κ3) is 3.77. The Bertz CT molecular complexity index is 1370. The Kier molecular flexibility index (Phi) is 5.24. The Hall–Kier alpha value is -3.66. The lowest BCUT2D eigenvalue weighted by Crippen LogP contribution is -2.31. The molecule has 0 fully saturated rings. The van der Waals surface area contributed by atoms with Crippen molar-refractivity contribution >= 4 is 27.3 Å². The number of nitrogens with zero attached hydrogens (tertiary/aromatic N) is 4. The molecule has 0 saturated heterocycles. The van der Waals surface area contributed by atoms with E-state index in [1.165, 1.54) is 23.5 Å². The van der Waals surface area contributed by atoms with Crippen molar-refractivity contribution in [3.63, 3.8) is 0 Å². The minimum Gasteiger partial charge on any atom is -0.463 e. The number of sulfonamides is 1. The second-order valence-electron chi connectivity index (χ2n) is 6.92. The van der Waals surface area contributed by atoms with Crippen LogP contribution in [-0.2, 0) is 21.3 Å². The average molecular weight is 440 g/mol. The van der Waals surface area contributed by atoms with Crippen molar-refractivity contribution < 1.29 is 22.4 Å². The number of fused-ring (bicyclic) bond motifs is 1. The van der Waals surface area contributed by atoms with E-state index in [9.17, 15) is 13.2 Å². The van der Waals surface area contributed by atoms with Crippen LogP contribution >= 0.6 is 0 Å². The van der Waals surface area contributed by atoms with Crippen molar-refractivity contribution in [2.45, 2.75) is 25.3 Å². The fourth-order valence-electron chi connectivity index (χ4n) is 3.24. The van der Waals surface area contributed by atoms with Gasteiger partial charge in [-0.25, -0.2) is 13.2 Å². The second kappa shape index (κ2) is 7.88. The summed E-state index contributed by atoms with van der Waals surface area (Å²) in [6, 6.07) is 13.2. The number of pyridine rings is 1. The van der Waals surface area contributed by atoms with Gasteiger partial charge in [0.05, 0.1) is 19.3 Å². The maximum absolute atomic E-state index is 13.8. The van der Waals surface area contributed by atoms with Crippen molar-refractivity contribution in [1.29, 1.82) is 0 Å². The van der Waals surface area contributed by atoms with Gasteiger partial charge in [0.15, 0.2) is 5.65 Å². The predicted molar refractivity (Wildman–Crippen MR) is 112 cm³/mol. The predicted octanol–water partition coefficient (Wildman–Crippen LogP) is 3.12. The Morgan fingerprint density at radius 1 is 1.13 bits per heavy atom. The molecule has 0 aliphatic carbocycles. The van der Waals surface area contributed by atoms with E-state index in [1.807, 2.05) is 13.0 Å². The molecule has 9 nitrogen and oxygen atoms in total. The molecule has 0 N–H and O–H groups in total. The lowest BCUT2D eigenvalue weighted by molar-refractivity contribution is 0.0563. The number of aromatic nitrogens is 3. The molecule has 160 valence electrons. The van der Waals surface area contributed by atoms with Gasteiger partial charge in [0.25, 0.3) is 10.0 Å². The third-order valence-corrected chi connectivity index (χ3v) is 6.57. The Balaban J connectivity index is 1.83. The monoisotopic (exact) mass is 440 g/mol. The van der Waals surface area contributed by atoms with Gasteiger partial charge in [0.2, 0.25) is 5.76 Å². The van der Waals surface area contributed by atoms with Gasteiger partial charge in [-0.1, -0.05) is 12.1 Å². The molecule has 0 unspecified atom stereocenters. The molecule has 0 amide bonds. The van der Waals surface area contributed by atoms with Crippen LogP contribution in [0, 0.1) is 13.8 Å². The van der Waals surface area contributed by atoms with E-state index in [1.54, 1.807) is 47.9 Å². The lowest BCUT2D eigenvalue weighted by atomic mass is 10.2. The van der Waals surface area contributed by atoms with Gasteiger partial charge < -0.3 is 9.15 Å². The molecule has 1 aromatic carbocycles. The number of hydrogen-bond acceptors (Lipinski definition) is 7. The van der Waals surface area contributed by atoms with Crippen molar-refractivity contribution in [3.8, 4) is 0 Å². The largest absolute Gasteiger partial charge is 0.463 e. The molecule has 4 rings (SSSR count). The molecule has 31 heavy (non-hydrogen) atoms. The number of esters is 1. The number of aryl methyl sites for hydroxylation is 2. The number of methoxy groups -OCH3 is 1. The van der Waals surface area contributed by atoms with Gasteiger partial charge in [-0.2, -0.15) is 0 Å². The number of anilines is 1. The van der Waals surface area contributed by atoms with Crippen LogP contribution < -0.4 is 4.31 Å². The Morgan fingerprint density at radius 2 is 1.94 bits per heavy atom. The van der Waals surface area contributed by atoms with Crippen LogP contribution in [0.25, 0.3) is 5.65 Å². The van der Waals surface area contributed by atoms with E-state index in [-0.39, 0.29) is 28.6 Å². The van der Waals surface area contributed by atoms with Gasteiger partial charge in [0.1, 0.15) is 16.5 Å². The summed E-state index contributed by atoms with van der Waals surface area (Å²) in [4.78, 5) is 11.7. The zero-order chi connectivity index (χ0) is 22.2. The summed E-state index contributed by atoms with van der Waals surface area (Å²) in [5, 5.41) is 8.04. The number of ether oxygens (including phenoxy) is 1.